The molecule has 29 heavy (non-hydrogen) atoms. The van der Waals surface area contributed by atoms with Crippen molar-refractivity contribution in [3.05, 3.63) is 81.7 Å². The SMILES string of the molecule is CCN(Cc1ccccc1)C(=O)c1csc2c(-c3ccncc3)nn(C)c(=O)c12. The van der Waals surface area contributed by atoms with Gasteiger partial charge in [0.25, 0.3) is 11.5 Å². The highest BCUT2D eigenvalue weighted by atomic mass is 32.1. The van der Waals surface area contributed by atoms with E-state index in [0.717, 1.165) is 15.8 Å². The van der Waals surface area contributed by atoms with Crippen molar-refractivity contribution in [1.29, 1.82) is 0 Å². The summed E-state index contributed by atoms with van der Waals surface area (Å²) in [6.45, 7) is 2.99. The van der Waals surface area contributed by atoms with Crippen molar-refractivity contribution >= 4 is 27.3 Å². The van der Waals surface area contributed by atoms with Crippen molar-refractivity contribution in [2.24, 2.45) is 7.05 Å². The van der Waals surface area contributed by atoms with Gasteiger partial charge in [-0.25, -0.2) is 4.68 Å². The van der Waals surface area contributed by atoms with Crippen LogP contribution in [-0.2, 0) is 13.6 Å². The average molecular weight is 404 g/mol. The molecule has 3 aromatic heterocycles. The van der Waals surface area contributed by atoms with E-state index in [1.807, 2.05) is 49.4 Å². The summed E-state index contributed by atoms with van der Waals surface area (Å²) in [6, 6.07) is 13.5. The van der Waals surface area contributed by atoms with Crippen LogP contribution in [0.3, 0.4) is 0 Å². The molecule has 0 aliphatic rings. The summed E-state index contributed by atoms with van der Waals surface area (Å²) in [7, 11) is 1.61. The Labute approximate surface area is 172 Å². The molecule has 0 spiro atoms. The number of amides is 1. The summed E-state index contributed by atoms with van der Waals surface area (Å²) in [5.41, 5.74) is 2.76. The summed E-state index contributed by atoms with van der Waals surface area (Å²) < 4.78 is 2.02. The first-order valence-electron chi connectivity index (χ1n) is 9.32. The fourth-order valence-corrected chi connectivity index (χ4v) is 4.34. The van der Waals surface area contributed by atoms with Crippen LogP contribution in [0.15, 0.2) is 65.0 Å². The van der Waals surface area contributed by atoms with Crippen LogP contribution in [0.5, 0.6) is 0 Å². The molecule has 1 aromatic carbocycles. The van der Waals surface area contributed by atoms with E-state index in [-0.39, 0.29) is 11.5 Å². The van der Waals surface area contributed by atoms with E-state index in [4.69, 9.17) is 0 Å². The lowest BCUT2D eigenvalue weighted by Gasteiger charge is -2.20. The van der Waals surface area contributed by atoms with Crippen molar-refractivity contribution in [3.8, 4) is 11.3 Å². The number of benzene rings is 1. The van der Waals surface area contributed by atoms with Crippen molar-refractivity contribution in [2.75, 3.05) is 6.54 Å². The number of rotatable bonds is 5. The highest BCUT2D eigenvalue weighted by molar-refractivity contribution is 7.18. The Bertz CT molecular complexity index is 1220. The molecule has 146 valence electrons. The van der Waals surface area contributed by atoms with Gasteiger partial charge in [-0.2, -0.15) is 5.10 Å². The van der Waals surface area contributed by atoms with Gasteiger partial charge in [0.2, 0.25) is 0 Å². The lowest BCUT2D eigenvalue weighted by Crippen LogP contribution is -2.31. The predicted octanol–water partition coefficient (Wildman–Crippen LogP) is 3.72. The van der Waals surface area contributed by atoms with Gasteiger partial charge in [0, 0.05) is 43.5 Å². The maximum atomic E-state index is 13.3. The Balaban J connectivity index is 1.81. The molecule has 4 aromatic rings. The molecule has 0 aliphatic carbocycles. The number of hydrogen-bond acceptors (Lipinski definition) is 5. The number of carbonyl (C=O) groups is 1. The maximum Gasteiger partial charge on any atom is 0.276 e. The van der Waals surface area contributed by atoms with E-state index in [2.05, 4.69) is 10.1 Å². The van der Waals surface area contributed by atoms with Gasteiger partial charge in [-0.3, -0.25) is 14.6 Å². The molecule has 0 bridgehead atoms. The van der Waals surface area contributed by atoms with E-state index in [1.54, 1.807) is 29.7 Å². The van der Waals surface area contributed by atoms with E-state index >= 15 is 0 Å². The number of pyridine rings is 1. The van der Waals surface area contributed by atoms with Crippen molar-refractivity contribution in [2.45, 2.75) is 13.5 Å². The lowest BCUT2D eigenvalue weighted by atomic mass is 10.1. The van der Waals surface area contributed by atoms with E-state index in [9.17, 15) is 9.59 Å². The fourth-order valence-electron chi connectivity index (χ4n) is 3.30. The Morgan fingerprint density at radius 3 is 2.55 bits per heavy atom. The Hall–Kier alpha value is -3.32. The summed E-state index contributed by atoms with van der Waals surface area (Å²) in [5.74, 6) is -0.147. The molecule has 0 aliphatic heterocycles. The van der Waals surface area contributed by atoms with Gasteiger partial charge in [0.1, 0.15) is 5.69 Å². The number of aromatic nitrogens is 3. The zero-order chi connectivity index (χ0) is 20.4. The molecule has 1 amide bonds. The lowest BCUT2D eigenvalue weighted by molar-refractivity contribution is 0.0755. The van der Waals surface area contributed by atoms with Crippen LogP contribution >= 0.6 is 11.3 Å². The third-order valence-electron chi connectivity index (χ3n) is 4.83. The van der Waals surface area contributed by atoms with Crippen LogP contribution in [0, 0.1) is 0 Å². The van der Waals surface area contributed by atoms with E-state index < -0.39 is 0 Å². The fraction of sp³-hybridized carbons (Fsp3) is 0.182. The zero-order valence-electron chi connectivity index (χ0n) is 16.2. The van der Waals surface area contributed by atoms with Crippen molar-refractivity contribution in [1.82, 2.24) is 19.7 Å². The molecule has 4 rings (SSSR count). The molecular weight excluding hydrogens is 384 g/mol. The van der Waals surface area contributed by atoms with Gasteiger partial charge < -0.3 is 4.90 Å². The zero-order valence-corrected chi connectivity index (χ0v) is 17.0. The molecule has 3 heterocycles. The summed E-state index contributed by atoms with van der Waals surface area (Å²) in [5, 5.41) is 6.64. The monoisotopic (exact) mass is 404 g/mol. The van der Waals surface area contributed by atoms with Crippen molar-refractivity contribution in [3.63, 3.8) is 0 Å². The molecule has 0 radical (unpaired) electrons. The molecule has 0 N–H and O–H groups in total. The molecule has 0 unspecified atom stereocenters. The quantitative estimate of drug-likeness (QED) is 0.508. The Kier molecular flexibility index (Phi) is 5.22. The number of aryl methyl sites for hydroxylation is 1. The number of fused-ring (bicyclic) bond motifs is 1. The smallest absolute Gasteiger partial charge is 0.276 e. The van der Waals surface area contributed by atoms with Gasteiger partial charge in [0.05, 0.1) is 15.6 Å². The summed E-state index contributed by atoms with van der Waals surface area (Å²) >= 11 is 1.38. The first-order chi connectivity index (χ1) is 14.1. The van der Waals surface area contributed by atoms with Gasteiger partial charge >= 0.3 is 0 Å². The average Bonchev–Trinajstić information content (AvgIpc) is 3.21. The van der Waals surface area contributed by atoms with Crippen LogP contribution < -0.4 is 5.56 Å². The topological polar surface area (TPSA) is 68.1 Å². The first kappa shape index (κ1) is 19.0. The van der Waals surface area contributed by atoms with Crippen LogP contribution in [0.4, 0.5) is 0 Å². The highest BCUT2D eigenvalue weighted by Crippen LogP contribution is 2.32. The minimum Gasteiger partial charge on any atom is -0.335 e. The van der Waals surface area contributed by atoms with Crippen LogP contribution in [-0.4, -0.2) is 32.1 Å². The maximum absolute atomic E-state index is 13.3. The number of nitrogens with zero attached hydrogens (tertiary/aromatic N) is 4. The first-order valence-corrected chi connectivity index (χ1v) is 10.2. The molecule has 0 fully saturated rings. The van der Waals surface area contributed by atoms with E-state index in [0.29, 0.717) is 29.7 Å². The second-order valence-electron chi connectivity index (χ2n) is 6.67. The molecule has 0 saturated carbocycles. The molecular formula is C22H20N4O2S. The van der Waals surface area contributed by atoms with Gasteiger partial charge in [-0.1, -0.05) is 30.3 Å². The molecule has 0 saturated heterocycles. The van der Waals surface area contributed by atoms with Crippen molar-refractivity contribution < 1.29 is 4.79 Å². The molecule has 0 atom stereocenters. The third kappa shape index (κ3) is 3.56. The Morgan fingerprint density at radius 2 is 1.86 bits per heavy atom. The van der Waals surface area contributed by atoms with Gasteiger partial charge in [0.15, 0.2) is 0 Å². The standard InChI is InChI=1S/C22H20N4O2S/c1-3-26(13-15-7-5-4-6-8-15)21(27)17-14-29-20-18(17)22(28)25(2)24-19(20)16-9-11-23-12-10-16/h4-12,14H,3,13H2,1-2H3. The molecule has 6 nitrogen and oxygen atoms in total. The molecule has 7 heteroatoms. The Morgan fingerprint density at radius 1 is 1.14 bits per heavy atom. The third-order valence-corrected chi connectivity index (χ3v) is 5.82. The predicted molar refractivity (Wildman–Crippen MR) is 115 cm³/mol. The van der Waals surface area contributed by atoms with Gasteiger partial charge in [-0.15, -0.1) is 11.3 Å². The van der Waals surface area contributed by atoms with E-state index in [1.165, 1.54) is 16.0 Å². The second-order valence-corrected chi connectivity index (χ2v) is 7.55. The largest absolute Gasteiger partial charge is 0.335 e. The highest BCUT2D eigenvalue weighted by Gasteiger charge is 2.23. The van der Waals surface area contributed by atoms with Crippen LogP contribution in [0.1, 0.15) is 22.8 Å². The van der Waals surface area contributed by atoms with Crippen LogP contribution in [0.2, 0.25) is 0 Å². The summed E-state index contributed by atoms with van der Waals surface area (Å²) in [4.78, 5) is 32.0. The van der Waals surface area contributed by atoms with Crippen LogP contribution in [0.25, 0.3) is 21.3 Å². The normalized spacial score (nSPS) is 11.0. The number of thiophene rings is 1. The minimum absolute atomic E-state index is 0.147. The van der Waals surface area contributed by atoms with Gasteiger partial charge in [-0.05, 0) is 24.6 Å². The minimum atomic E-state index is -0.266. The number of carbonyl (C=O) groups excluding carboxylic acids is 1. The second kappa shape index (κ2) is 7.97. The summed E-state index contributed by atoms with van der Waals surface area (Å²) in [6.07, 6.45) is 3.37. The number of hydrogen-bond donors (Lipinski definition) is 0.